The van der Waals surface area contributed by atoms with Crippen LogP contribution in [0.1, 0.15) is 40.0 Å². The lowest BCUT2D eigenvalue weighted by molar-refractivity contribution is -0.124. The molecule has 0 radical (unpaired) electrons. The Balaban J connectivity index is 1.41. The van der Waals surface area contributed by atoms with Crippen LogP contribution in [0.25, 0.3) is 0 Å². The van der Waals surface area contributed by atoms with E-state index < -0.39 is 6.04 Å². The first kappa shape index (κ1) is 22.6. The molecular formula is C23H26ClN3O4. The summed E-state index contributed by atoms with van der Waals surface area (Å²) in [6.45, 7) is 1.40. The minimum absolute atomic E-state index is 0.165. The number of hydrogen-bond acceptors (Lipinski definition) is 4. The standard InChI is InChI=1S/C23H26ClN3O4/c1-31-19-11-7-16(8-12-19)21(28)25-13-3-14-26-22(29)20-4-2-15-27(20)23(30)17-5-9-18(24)10-6-17/h5-12,20H,2-4,13-15H2,1H3,(H,25,28)(H,26,29)/t20-/m1/s1. The van der Waals surface area contributed by atoms with Crippen molar-refractivity contribution in [1.29, 1.82) is 0 Å². The van der Waals surface area contributed by atoms with Crippen LogP contribution in [0.5, 0.6) is 5.75 Å². The van der Waals surface area contributed by atoms with Crippen molar-refractivity contribution < 1.29 is 19.1 Å². The van der Waals surface area contributed by atoms with Gasteiger partial charge in [0.25, 0.3) is 11.8 Å². The molecule has 0 aromatic heterocycles. The predicted molar refractivity (Wildman–Crippen MR) is 118 cm³/mol. The Hall–Kier alpha value is -3.06. The molecule has 1 aliphatic rings. The molecule has 2 aromatic carbocycles. The molecule has 1 aliphatic heterocycles. The normalized spacial score (nSPS) is 15.4. The minimum atomic E-state index is -0.475. The van der Waals surface area contributed by atoms with Gasteiger partial charge in [-0.15, -0.1) is 0 Å². The van der Waals surface area contributed by atoms with Gasteiger partial charge in [-0.3, -0.25) is 14.4 Å². The van der Waals surface area contributed by atoms with Gasteiger partial charge in [-0.25, -0.2) is 0 Å². The van der Waals surface area contributed by atoms with E-state index >= 15 is 0 Å². The Bertz CT molecular complexity index is 915. The largest absolute Gasteiger partial charge is 0.497 e. The highest BCUT2D eigenvalue weighted by molar-refractivity contribution is 6.30. The van der Waals surface area contributed by atoms with Crippen LogP contribution < -0.4 is 15.4 Å². The second kappa shape index (κ2) is 10.8. The molecule has 1 heterocycles. The summed E-state index contributed by atoms with van der Waals surface area (Å²) in [5, 5.41) is 6.26. The molecule has 3 rings (SSSR count). The lowest BCUT2D eigenvalue weighted by Crippen LogP contribution is -2.46. The van der Waals surface area contributed by atoms with E-state index in [0.29, 0.717) is 54.4 Å². The van der Waals surface area contributed by atoms with E-state index in [4.69, 9.17) is 16.3 Å². The molecular weight excluding hydrogens is 418 g/mol. The molecule has 31 heavy (non-hydrogen) atoms. The summed E-state index contributed by atoms with van der Waals surface area (Å²) < 4.78 is 5.08. The third-order valence-corrected chi connectivity index (χ3v) is 5.45. The van der Waals surface area contributed by atoms with Crippen molar-refractivity contribution in [2.24, 2.45) is 0 Å². The van der Waals surface area contributed by atoms with Crippen LogP contribution in [0.3, 0.4) is 0 Å². The molecule has 1 saturated heterocycles. The van der Waals surface area contributed by atoms with E-state index in [9.17, 15) is 14.4 Å². The van der Waals surface area contributed by atoms with Crippen molar-refractivity contribution in [3.05, 3.63) is 64.7 Å². The highest BCUT2D eigenvalue weighted by Gasteiger charge is 2.34. The molecule has 1 fully saturated rings. The van der Waals surface area contributed by atoms with E-state index in [0.717, 1.165) is 6.42 Å². The fourth-order valence-corrected chi connectivity index (χ4v) is 3.63. The highest BCUT2D eigenvalue weighted by atomic mass is 35.5. The van der Waals surface area contributed by atoms with Crippen LogP contribution in [0, 0.1) is 0 Å². The van der Waals surface area contributed by atoms with Crippen LogP contribution in [-0.4, -0.2) is 55.4 Å². The Kier molecular flexibility index (Phi) is 7.89. The second-order valence-electron chi connectivity index (χ2n) is 7.29. The average molecular weight is 444 g/mol. The van der Waals surface area contributed by atoms with Crippen molar-refractivity contribution in [2.75, 3.05) is 26.7 Å². The Morgan fingerprint density at radius 2 is 1.65 bits per heavy atom. The van der Waals surface area contributed by atoms with E-state index in [-0.39, 0.29) is 17.7 Å². The zero-order valence-corrected chi connectivity index (χ0v) is 18.2. The van der Waals surface area contributed by atoms with E-state index in [2.05, 4.69) is 10.6 Å². The third kappa shape index (κ3) is 5.98. The summed E-state index contributed by atoms with van der Waals surface area (Å²) in [7, 11) is 1.57. The van der Waals surface area contributed by atoms with Gasteiger partial charge in [0, 0.05) is 35.8 Å². The van der Waals surface area contributed by atoms with Crippen LogP contribution in [0.4, 0.5) is 0 Å². The molecule has 0 saturated carbocycles. The van der Waals surface area contributed by atoms with Gasteiger partial charge >= 0.3 is 0 Å². The lowest BCUT2D eigenvalue weighted by Gasteiger charge is -2.24. The molecule has 0 aliphatic carbocycles. The summed E-state index contributed by atoms with van der Waals surface area (Å²) >= 11 is 5.88. The van der Waals surface area contributed by atoms with Gasteiger partial charge in [-0.2, -0.15) is 0 Å². The quantitative estimate of drug-likeness (QED) is 0.614. The molecule has 2 N–H and O–H groups in total. The number of amides is 3. The average Bonchev–Trinajstić information content (AvgIpc) is 3.29. The number of ether oxygens (including phenoxy) is 1. The van der Waals surface area contributed by atoms with Crippen molar-refractivity contribution in [3.63, 3.8) is 0 Å². The number of rotatable bonds is 8. The maximum Gasteiger partial charge on any atom is 0.254 e. The topological polar surface area (TPSA) is 87.7 Å². The maximum absolute atomic E-state index is 12.7. The van der Waals surface area contributed by atoms with E-state index in [1.54, 1.807) is 60.5 Å². The number of methoxy groups -OCH3 is 1. The molecule has 7 nitrogen and oxygen atoms in total. The zero-order chi connectivity index (χ0) is 22.2. The maximum atomic E-state index is 12.7. The predicted octanol–water partition coefficient (Wildman–Crippen LogP) is 2.89. The number of nitrogens with one attached hydrogen (secondary N) is 2. The highest BCUT2D eigenvalue weighted by Crippen LogP contribution is 2.21. The fourth-order valence-electron chi connectivity index (χ4n) is 3.50. The molecule has 1 atom stereocenters. The molecule has 164 valence electrons. The van der Waals surface area contributed by atoms with E-state index in [1.165, 1.54) is 0 Å². The molecule has 0 bridgehead atoms. The van der Waals surface area contributed by atoms with Crippen molar-refractivity contribution in [1.82, 2.24) is 15.5 Å². The smallest absolute Gasteiger partial charge is 0.254 e. The molecule has 0 unspecified atom stereocenters. The summed E-state index contributed by atoms with van der Waals surface area (Å²) in [5.41, 5.74) is 1.07. The Morgan fingerprint density at radius 3 is 2.32 bits per heavy atom. The minimum Gasteiger partial charge on any atom is -0.497 e. The number of carbonyl (C=O) groups is 3. The van der Waals surface area contributed by atoms with Gasteiger partial charge in [0.2, 0.25) is 5.91 Å². The van der Waals surface area contributed by atoms with E-state index in [1.807, 2.05) is 0 Å². The summed E-state index contributed by atoms with van der Waals surface area (Å²) in [5.74, 6) is 0.182. The van der Waals surface area contributed by atoms with Gasteiger partial charge in [0.05, 0.1) is 7.11 Å². The Labute approximate surface area is 186 Å². The van der Waals surface area contributed by atoms with Crippen LogP contribution in [0.15, 0.2) is 48.5 Å². The number of halogens is 1. The van der Waals surface area contributed by atoms with Gasteiger partial charge < -0.3 is 20.3 Å². The lowest BCUT2D eigenvalue weighted by atomic mass is 10.1. The number of nitrogens with zero attached hydrogens (tertiary/aromatic N) is 1. The second-order valence-corrected chi connectivity index (χ2v) is 7.73. The summed E-state index contributed by atoms with van der Waals surface area (Å²) in [6, 6.07) is 13.1. The third-order valence-electron chi connectivity index (χ3n) is 5.20. The van der Waals surface area contributed by atoms with Gasteiger partial charge in [-0.05, 0) is 67.8 Å². The number of carbonyl (C=O) groups excluding carboxylic acids is 3. The SMILES string of the molecule is COc1ccc(C(=O)NCCCNC(=O)[C@H]2CCCN2C(=O)c2ccc(Cl)cc2)cc1. The first-order chi connectivity index (χ1) is 15.0. The molecule has 8 heteroatoms. The van der Waals surface area contributed by atoms with Crippen LogP contribution in [-0.2, 0) is 4.79 Å². The number of likely N-dealkylation sites (tertiary alicyclic amines) is 1. The first-order valence-corrected chi connectivity index (χ1v) is 10.6. The zero-order valence-electron chi connectivity index (χ0n) is 17.4. The molecule has 2 aromatic rings. The van der Waals surface area contributed by atoms with Crippen LogP contribution >= 0.6 is 11.6 Å². The van der Waals surface area contributed by atoms with Gasteiger partial charge in [0.15, 0.2) is 0 Å². The van der Waals surface area contributed by atoms with Crippen molar-refractivity contribution in [3.8, 4) is 5.75 Å². The first-order valence-electron chi connectivity index (χ1n) is 10.3. The molecule has 0 spiro atoms. The van der Waals surface area contributed by atoms with Crippen molar-refractivity contribution >= 4 is 29.3 Å². The summed E-state index contributed by atoms with van der Waals surface area (Å²) in [4.78, 5) is 39.1. The molecule has 3 amide bonds. The van der Waals surface area contributed by atoms with Gasteiger partial charge in [-0.1, -0.05) is 11.6 Å². The van der Waals surface area contributed by atoms with Gasteiger partial charge in [0.1, 0.15) is 11.8 Å². The van der Waals surface area contributed by atoms with Crippen molar-refractivity contribution in [2.45, 2.75) is 25.3 Å². The number of benzene rings is 2. The summed E-state index contributed by atoms with van der Waals surface area (Å²) in [6.07, 6.45) is 2.01. The van der Waals surface area contributed by atoms with Crippen LogP contribution in [0.2, 0.25) is 5.02 Å². The number of hydrogen-bond donors (Lipinski definition) is 2. The fraction of sp³-hybridized carbons (Fsp3) is 0.348. The Morgan fingerprint density at radius 1 is 1.00 bits per heavy atom. The monoisotopic (exact) mass is 443 g/mol.